The summed E-state index contributed by atoms with van der Waals surface area (Å²) in [4.78, 5) is 12.6. The Morgan fingerprint density at radius 1 is 1.39 bits per heavy atom. The van der Waals surface area contributed by atoms with Crippen LogP contribution in [0.1, 0.15) is 18.4 Å². The summed E-state index contributed by atoms with van der Waals surface area (Å²) in [6.07, 6.45) is 8.45. The van der Waals surface area contributed by atoms with Crippen molar-refractivity contribution in [3.63, 3.8) is 0 Å². The van der Waals surface area contributed by atoms with E-state index in [-0.39, 0.29) is 5.60 Å². The van der Waals surface area contributed by atoms with Gasteiger partial charge in [-0.2, -0.15) is 0 Å². The first-order valence-corrected chi connectivity index (χ1v) is 6.65. The van der Waals surface area contributed by atoms with E-state index in [9.17, 15) is 0 Å². The molecule has 1 unspecified atom stereocenters. The van der Waals surface area contributed by atoms with Crippen molar-refractivity contribution in [2.24, 2.45) is 5.92 Å². The first-order chi connectivity index (χ1) is 8.86. The molecule has 94 valence electrons. The maximum absolute atomic E-state index is 5.97. The summed E-state index contributed by atoms with van der Waals surface area (Å²) in [5, 5.41) is 0. The van der Waals surface area contributed by atoms with E-state index >= 15 is 0 Å². The molecular weight excluding hydrogens is 226 g/mol. The molecule has 5 heterocycles. The summed E-state index contributed by atoms with van der Waals surface area (Å²) < 4.78 is 0. The van der Waals surface area contributed by atoms with Gasteiger partial charge < -0.3 is 0 Å². The van der Waals surface area contributed by atoms with E-state index in [1.807, 2.05) is 12.3 Å². The Morgan fingerprint density at radius 2 is 2.28 bits per heavy atom. The van der Waals surface area contributed by atoms with Gasteiger partial charge in [-0.25, -0.2) is 0 Å². The minimum atomic E-state index is -0.109. The summed E-state index contributed by atoms with van der Waals surface area (Å²) in [7, 11) is 0. The Hall–Kier alpha value is -1.39. The molecule has 1 atom stereocenters. The maximum Gasteiger partial charge on any atom is 0.132 e. The summed E-state index contributed by atoms with van der Waals surface area (Å²) in [6.45, 7) is 3.48. The lowest BCUT2D eigenvalue weighted by Gasteiger charge is -2.49. The van der Waals surface area contributed by atoms with Crippen molar-refractivity contribution in [2.45, 2.75) is 18.4 Å². The van der Waals surface area contributed by atoms with Gasteiger partial charge in [0.2, 0.25) is 0 Å². The highest BCUT2D eigenvalue weighted by Crippen LogP contribution is 2.42. The van der Waals surface area contributed by atoms with Gasteiger partial charge in [-0.3, -0.25) is 20.2 Å². The molecule has 4 aliphatic heterocycles. The van der Waals surface area contributed by atoms with E-state index in [4.69, 9.17) is 4.84 Å². The number of hydrogen-bond acceptors (Lipinski definition) is 4. The number of hydroxylamine groups is 1. The first kappa shape index (κ1) is 10.5. The fourth-order valence-electron chi connectivity index (χ4n) is 3.45. The monoisotopic (exact) mass is 243 g/mol. The Balaban J connectivity index is 1.67. The third kappa shape index (κ3) is 1.49. The second-order valence-electron chi connectivity index (χ2n) is 5.51. The van der Waals surface area contributed by atoms with E-state index in [1.165, 1.54) is 25.9 Å². The number of fused-ring (bicyclic) bond motifs is 2. The molecular formula is C14H17N3O. The minimum absolute atomic E-state index is 0.109. The number of hydrogen-bond donors (Lipinski definition) is 1. The molecule has 1 spiro atoms. The van der Waals surface area contributed by atoms with Gasteiger partial charge in [0.1, 0.15) is 5.60 Å². The molecule has 3 fully saturated rings. The molecule has 0 aromatic carbocycles. The van der Waals surface area contributed by atoms with Gasteiger partial charge in [0.15, 0.2) is 0 Å². The fraction of sp³-hybridized carbons (Fsp3) is 0.500. The smallest absolute Gasteiger partial charge is 0.132 e. The quantitative estimate of drug-likeness (QED) is 0.809. The average molecular weight is 243 g/mol. The van der Waals surface area contributed by atoms with E-state index in [2.05, 4.69) is 27.5 Å². The number of piperidine rings is 3. The average Bonchev–Trinajstić information content (AvgIpc) is 2.85. The Bertz CT molecular complexity index is 479. The highest BCUT2D eigenvalue weighted by Gasteiger charge is 2.49. The molecule has 4 nitrogen and oxygen atoms in total. The molecule has 1 aromatic rings. The van der Waals surface area contributed by atoms with Crippen molar-refractivity contribution in [1.29, 1.82) is 0 Å². The van der Waals surface area contributed by atoms with Crippen LogP contribution in [0.2, 0.25) is 0 Å². The summed E-state index contributed by atoms with van der Waals surface area (Å²) in [5.41, 5.74) is 5.17. The Morgan fingerprint density at radius 3 is 2.94 bits per heavy atom. The van der Waals surface area contributed by atoms with Crippen molar-refractivity contribution < 1.29 is 4.84 Å². The van der Waals surface area contributed by atoms with Crippen molar-refractivity contribution >= 4 is 5.70 Å². The largest absolute Gasteiger partial charge is 0.300 e. The predicted octanol–water partition coefficient (Wildman–Crippen LogP) is 1.42. The number of nitrogens with zero attached hydrogens (tertiary/aromatic N) is 2. The number of pyridine rings is 1. The molecule has 0 amide bonds. The van der Waals surface area contributed by atoms with Crippen LogP contribution in [0.5, 0.6) is 0 Å². The van der Waals surface area contributed by atoms with Gasteiger partial charge in [-0.05, 0) is 50.1 Å². The van der Waals surface area contributed by atoms with Crippen molar-refractivity contribution in [3.05, 3.63) is 36.2 Å². The van der Waals surface area contributed by atoms with Gasteiger partial charge in [0, 0.05) is 24.5 Å². The Labute approximate surface area is 107 Å². The van der Waals surface area contributed by atoms with Crippen LogP contribution in [-0.4, -0.2) is 35.1 Å². The highest BCUT2D eigenvalue weighted by molar-refractivity contribution is 5.65. The lowest BCUT2D eigenvalue weighted by molar-refractivity contribution is -0.135. The topological polar surface area (TPSA) is 37.4 Å². The van der Waals surface area contributed by atoms with Crippen LogP contribution >= 0.6 is 0 Å². The van der Waals surface area contributed by atoms with Gasteiger partial charge in [0.05, 0.1) is 5.70 Å². The van der Waals surface area contributed by atoms with E-state index < -0.39 is 0 Å². The molecule has 0 radical (unpaired) electrons. The number of aromatic nitrogens is 1. The van der Waals surface area contributed by atoms with Crippen LogP contribution in [0.15, 0.2) is 30.6 Å². The van der Waals surface area contributed by atoms with Crippen LogP contribution < -0.4 is 5.48 Å². The van der Waals surface area contributed by atoms with Gasteiger partial charge >= 0.3 is 0 Å². The third-order valence-electron chi connectivity index (χ3n) is 4.46. The highest BCUT2D eigenvalue weighted by atomic mass is 16.7. The molecule has 2 bridgehead atoms. The van der Waals surface area contributed by atoms with Crippen LogP contribution in [-0.2, 0) is 4.84 Å². The molecule has 1 N–H and O–H groups in total. The zero-order chi connectivity index (χ0) is 12.0. The second kappa shape index (κ2) is 3.80. The fourth-order valence-corrected chi connectivity index (χ4v) is 3.45. The van der Waals surface area contributed by atoms with Crippen molar-refractivity contribution in [2.75, 3.05) is 19.6 Å². The molecule has 18 heavy (non-hydrogen) atoms. The summed E-state index contributed by atoms with van der Waals surface area (Å²) in [5.74, 6) is 0.657. The molecule has 4 aliphatic rings. The van der Waals surface area contributed by atoms with Gasteiger partial charge in [0.25, 0.3) is 0 Å². The molecule has 4 heteroatoms. The number of nitrogens with one attached hydrogen (secondary N) is 1. The summed E-state index contributed by atoms with van der Waals surface area (Å²) in [6, 6.07) is 4.02. The second-order valence-corrected chi connectivity index (χ2v) is 5.51. The van der Waals surface area contributed by atoms with E-state index in [0.717, 1.165) is 17.8 Å². The van der Waals surface area contributed by atoms with Crippen LogP contribution in [0.25, 0.3) is 5.70 Å². The molecule has 0 saturated carbocycles. The van der Waals surface area contributed by atoms with Gasteiger partial charge in [-0.15, -0.1) is 0 Å². The first-order valence-electron chi connectivity index (χ1n) is 6.65. The van der Waals surface area contributed by atoms with Crippen LogP contribution in [0.3, 0.4) is 0 Å². The van der Waals surface area contributed by atoms with Gasteiger partial charge in [-0.1, -0.05) is 0 Å². The minimum Gasteiger partial charge on any atom is -0.300 e. The summed E-state index contributed by atoms with van der Waals surface area (Å²) >= 11 is 0. The molecule has 5 rings (SSSR count). The molecule has 3 saturated heterocycles. The van der Waals surface area contributed by atoms with Crippen LogP contribution in [0.4, 0.5) is 0 Å². The molecule has 1 aromatic heterocycles. The number of rotatable bonds is 1. The van der Waals surface area contributed by atoms with Crippen molar-refractivity contribution in [3.8, 4) is 0 Å². The Kier molecular flexibility index (Phi) is 2.22. The van der Waals surface area contributed by atoms with E-state index in [0.29, 0.717) is 5.92 Å². The zero-order valence-electron chi connectivity index (χ0n) is 10.3. The van der Waals surface area contributed by atoms with E-state index in [1.54, 1.807) is 6.20 Å². The van der Waals surface area contributed by atoms with Crippen LogP contribution in [0, 0.1) is 5.92 Å². The third-order valence-corrected chi connectivity index (χ3v) is 4.46. The zero-order valence-corrected chi connectivity index (χ0v) is 10.3. The lowest BCUT2D eigenvalue weighted by Crippen LogP contribution is -2.58. The standard InChI is InChI=1S/C14H17N3O/c1-2-11(9-15-5-1)13-8-14(18-16-13)10-17-6-3-12(14)4-7-17/h1-2,5,8-9,12,16H,3-4,6-7,10H2. The SMILES string of the molecule is C1=C(c2cccnc2)NOC12CN1CCC2CC1. The normalized spacial score (nSPS) is 37.7. The predicted molar refractivity (Wildman–Crippen MR) is 68.3 cm³/mol. The lowest BCUT2D eigenvalue weighted by atomic mass is 9.75. The molecule has 0 aliphatic carbocycles. The maximum atomic E-state index is 5.97. The van der Waals surface area contributed by atoms with Crippen molar-refractivity contribution in [1.82, 2.24) is 15.4 Å².